The van der Waals surface area contributed by atoms with Gasteiger partial charge < -0.3 is 0 Å². The first-order valence-corrected chi connectivity index (χ1v) is 7.89. The van der Waals surface area contributed by atoms with Gasteiger partial charge in [0.2, 0.25) is 9.05 Å². The summed E-state index contributed by atoms with van der Waals surface area (Å²) >= 11 is 0. The van der Waals surface area contributed by atoms with Crippen molar-refractivity contribution in [1.82, 2.24) is 9.44 Å². The zero-order valence-electron chi connectivity index (χ0n) is 7.66. The minimum Gasteiger partial charge on any atom is -0.212 e. The summed E-state index contributed by atoms with van der Waals surface area (Å²) in [6.07, 6.45) is 0.661. The summed E-state index contributed by atoms with van der Waals surface area (Å²) in [5, 5.41) is 0. The largest absolute Gasteiger partial charge is 0.276 e. The molecule has 0 aromatic rings. The van der Waals surface area contributed by atoms with E-state index in [0.717, 1.165) is 0 Å². The van der Waals surface area contributed by atoms with Crippen LogP contribution in [0.5, 0.6) is 0 Å². The van der Waals surface area contributed by atoms with E-state index in [1.807, 2.05) is 11.6 Å². The van der Waals surface area contributed by atoms with Gasteiger partial charge in [0.1, 0.15) is 0 Å². The molecule has 0 heterocycles. The van der Waals surface area contributed by atoms with E-state index >= 15 is 0 Å². The van der Waals surface area contributed by atoms with Gasteiger partial charge in [-0.1, -0.05) is 6.92 Å². The highest BCUT2D eigenvalue weighted by Crippen LogP contribution is 1.93. The summed E-state index contributed by atoms with van der Waals surface area (Å²) in [5.74, 6) is -0.429. The second-order valence-corrected chi connectivity index (χ2v) is 7.02. The van der Waals surface area contributed by atoms with Crippen LogP contribution in [0.4, 0.5) is 0 Å². The Balaban J connectivity index is 3.89. The van der Waals surface area contributed by atoms with Gasteiger partial charge in [0.05, 0.1) is 5.75 Å². The molecule has 0 aromatic carbocycles. The van der Waals surface area contributed by atoms with E-state index in [-0.39, 0.29) is 6.54 Å². The maximum atomic E-state index is 11.0. The van der Waals surface area contributed by atoms with Gasteiger partial charge in [-0.3, -0.25) is 0 Å². The minimum absolute atomic E-state index is 0.231. The number of halogens is 1. The van der Waals surface area contributed by atoms with E-state index in [4.69, 9.17) is 10.7 Å². The Kier molecular flexibility index (Phi) is 5.91. The van der Waals surface area contributed by atoms with Crippen LogP contribution in [0.2, 0.25) is 0 Å². The highest BCUT2D eigenvalue weighted by Gasteiger charge is 2.10. The highest BCUT2D eigenvalue weighted by atomic mass is 35.7. The summed E-state index contributed by atoms with van der Waals surface area (Å²) in [6.45, 7) is 1.89. The molecule has 0 aliphatic rings. The standard InChI is InChI=1S/C5H13ClN2O4S2/c1-2-3-7-14(11,12)8-4-5-13(6,9)10/h7-8H,2-5H2,1H3. The van der Waals surface area contributed by atoms with Crippen LogP contribution in [0.3, 0.4) is 0 Å². The Morgan fingerprint density at radius 3 is 2.00 bits per heavy atom. The lowest BCUT2D eigenvalue weighted by Crippen LogP contribution is -2.38. The Hall–Kier alpha value is 0.110. The number of hydrogen-bond acceptors (Lipinski definition) is 4. The van der Waals surface area contributed by atoms with E-state index in [9.17, 15) is 16.8 Å². The van der Waals surface area contributed by atoms with Crippen molar-refractivity contribution in [1.29, 1.82) is 0 Å². The smallest absolute Gasteiger partial charge is 0.212 e. The zero-order valence-corrected chi connectivity index (χ0v) is 10.0. The topological polar surface area (TPSA) is 92.3 Å². The van der Waals surface area contributed by atoms with E-state index in [2.05, 4.69) is 4.72 Å². The number of rotatable bonds is 7. The molecule has 0 unspecified atom stereocenters. The van der Waals surface area contributed by atoms with Gasteiger partial charge in [-0.15, -0.1) is 0 Å². The predicted molar refractivity (Wildman–Crippen MR) is 54.9 cm³/mol. The van der Waals surface area contributed by atoms with Crippen molar-refractivity contribution in [3.63, 3.8) is 0 Å². The molecule has 0 rings (SSSR count). The maximum Gasteiger partial charge on any atom is 0.276 e. The average molecular weight is 265 g/mol. The summed E-state index contributed by atoms with van der Waals surface area (Å²) < 4.78 is 47.2. The fraction of sp³-hybridized carbons (Fsp3) is 1.00. The lowest BCUT2D eigenvalue weighted by molar-refractivity contribution is 0.567. The molecule has 0 aliphatic carbocycles. The molecule has 0 atom stereocenters. The van der Waals surface area contributed by atoms with Gasteiger partial charge in [0, 0.05) is 23.8 Å². The van der Waals surface area contributed by atoms with Crippen molar-refractivity contribution in [2.75, 3.05) is 18.8 Å². The third kappa shape index (κ3) is 8.70. The number of hydrogen-bond donors (Lipinski definition) is 2. The molecule has 0 aliphatic heterocycles. The fourth-order valence-corrected chi connectivity index (χ4v) is 2.24. The summed E-state index contributed by atoms with van der Waals surface area (Å²) in [5.41, 5.74) is 0. The van der Waals surface area contributed by atoms with Gasteiger partial charge in [-0.25, -0.2) is 17.9 Å². The third-order valence-corrected chi connectivity index (χ3v) is 3.50. The Morgan fingerprint density at radius 1 is 1.07 bits per heavy atom. The van der Waals surface area contributed by atoms with Crippen molar-refractivity contribution in [2.45, 2.75) is 13.3 Å². The highest BCUT2D eigenvalue weighted by molar-refractivity contribution is 8.13. The molecule has 86 valence electrons. The van der Waals surface area contributed by atoms with Gasteiger partial charge >= 0.3 is 0 Å². The molecule has 14 heavy (non-hydrogen) atoms. The van der Waals surface area contributed by atoms with Crippen molar-refractivity contribution < 1.29 is 16.8 Å². The van der Waals surface area contributed by atoms with Crippen LogP contribution in [0.15, 0.2) is 0 Å². The van der Waals surface area contributed by atoms with Gasteiger partial charge in [-0.2, -0.15) is 8.42 Å². The molecule has 0 saturated carbocycles. The first kappa shape index (κ1) is 14.1. The maximum absolute atomic E-state index is 11.0. The molecule has 9 heteroatoms. The molecular formula is C5H13ClN2O4S2. The lowest BCUT2D eigenvalue weighted by atomic mass is 10.5. The van der Waals surface area contributed by atoms with E-state index in [1.165, 1.54) is 0 Å². The fourth-order valence-electron chi connectivity index (χ4n) is 0.585. The second-order valence-electron chi connectivity index (χ2n) is 2.54. The van der Waals surface area contributed by atoms with Crippen LogP contribution in [0, 0.1) is 0 Å². The van der Waals surface area contributed by atoms with E-state index in [1.54, 1.807) is 0 Å². The quantitative estimate of drug-likeness (QED) is 0.600. The van der Waals surface area contributed by atoms with Crippen LogP contribution in [-0.4, -0.2) is 35.7 Å². The van der Waals surface area contributed by atoms with Crippen molar-refractivity contribution in [2.24, 2.45) is 0 Å². The summed E-state index contributed by atoms with van der Waals surface area (Å²) in [6, 6.07) is 0. The normalized spacial score (nSPS) is 13.0. The Labute approximate surface area is 88.6 Å². The molecule has 0 fully saturated rings. The molecule has 6 nitrogen and oxygen atoms in total. The van der Waals surface area contributed by atoms with Gasteiger partial charge in [-0.05, 0) is 6.42 Å². The van der Waals surface area contributed by atoms with E-state index < -0.39 is 25.0 Å². The molecule has 0 amide bonds. The molecule has 0 radical (unpaired) electrons. The molecule has 0 saturated heterocycles. The Bertz CT molecular complexity index is 350. The zero-order chi connectivity index (χ0) is 11.2. The predicted octanol–water partition coefficient (Wildman–Crippen LogP) is -0.611. The van der Waals surface area contributed by atoms with Crippen LogP contribution in [0.1, 0.15) is 13.3 Å². The summed E-state index contributed by atoms with van der Waals surface area (Å²) in [4.78, 5) is 0. The third-order valence-electron chi connectivity index (χ3n) is 1.18. The molecule has 0 aromatic heterocycles. The lowest BCUT2D eigenvalue weighted by Gasteiger charge is -2.05. The molecule has 0 spiro atoms. The molecule has 0 bridgehead atoms. The van der Waals surface area contributed by atoms with Gasteiger partial charge in [0.15, 0.2) is 0 Å². The SMILES string of the molecule is CCCNS(=O)(=O)NCCS(=O)(=O)Cl. The Morgan fingerprint density at radius 2 is 1.57 bits per heavy atom. The van der Waals surface area contributed by atoms with Crippen LogP contribution < -0.4 is 9.44 Å². The molecule has 2 N–H and O–H groups in total. The van der Waals surface area contributed by atoms with Gasteiger partial charge in [0.25, 0.3) is 10.2 Å². The van der Waals surface area contributed by atoms with Crippen molar-refractivity contribution in [3.05, 3.63) is 0 Å². The summed E-state index contributed by atoms with van der Waals surface area (Å²) in [7, 11) is -2.36. The van der Waals surface area contributed by atoms with Crippen molar-refractivity contribution >= 4 is 29.9 Å². The van der Waals surface area contributed by atoms with Crippen LogP contribution in [0.25, 0.3) is 0 Å². The van der Waals surface area contributed by atoms with Crippen LogP contribution >= 0.6 is 10.7 Å². The number of nitrogens with one attached hydrogen (secondary N) is 2. The first-order chi connectivity index (χ1) is 6.27. The average Bonchev–Trinajstić information content (AvgIpc) is 1.98. The molecular weight excluding hydrogens is 252 g/mol. The van der Waals surface area contributed by atoms with Crippen molar-refractivity contribution in [3.8, 4) is 0 Å². The monoisotopic (exact) mass is 264 g/mol. The first-order valence-electron chi connectivity index (χ1n) is 3.93. The van der Waals surface area contributed by atoms with Crippen LogP contribution in [-0.2, 0) is 19.3 Å². The van der Waals surface area contributed by atoms with E-state index in [0.29, 0.717) is 13.0 Å². The second kappa shape index (κ2) is 5.86. The minimum atomic E-state index is -3.65.